The molecule has 0 saturated heterocycles. The Bertz CT molecular complexity index is 1260. The fourth-order valence-electron chi connectivity index (χ4n) is 3.93. The summed E-state index contributed by atoms with van der Waals surface area (Å²) >= 11 is 6.58. The van der Waals surface area contributed by atoms with E-state index in [2.05, 4.69) is 0 Å². The zero-order valence-electron chi connectivity index (χ0n) is 18.8. The number of hydrogen-bond acceptors (Lipinski definition) is 1. The summed E-state index contributed by atoms with van der Waals surface area (Å²) in [6.45, 7) is 0.864. The molecule has 0 aliphatic rings. The van der Waals surface area contributed by atoms with Crippen LogP contribution in [0.2, 0.25) is 0 Å². The van der Waals surface area contributed by atoms with E-state index in [1.807, 2.05) is 77.4 Å². The highest BCUT2D eigenvalue weighted by atomic mass is 35.5. The average molecular weight is 497 g/mol. The van der Waals surface area contributed by atoms with Gasteiger partial charge in [-0.25, -0.2) is 0 Å². The molecule has 0 aliphatic heterocycles. The van der Waals surface area contributed by atoms with E-state index in [1.165, 1.54) is 6.07 Å². The predicted octanol–water partition coefficient (Wildman–Crippen LogP) is 7.06. The highest BCUT2D eigenvalue weighted by molar-refractivity contribution is 6.30. The Morgan fingerprint density at radius 1 is 0.829 bits per heavy atom. The van der Waals surface area contributed by atoms with Crippen LogP contribution >= 0.6 is 11.6 Å². The molecule has 0 spiro atoms. The molecule has 1 atom stereocenters. The number of rotatable bonds is 8. The van der Waals surface area contributed by atoms with Gasteiger partial charge in [-0.15, -0.1) is 11.6 Å². The second-order valence-electron chi connectivity index (χ2n) is 8.28. The van der Waals surface area contributed by atoms with Gasteiger partial charge in [0.25, 0.3) is 0 Å². The van der Waals surface area contributed by atoms with Crippen molar-refractivity contribution < 1.29 is 18.0 Å². The minimum atomic E-state index is -4.40. The van der Waals surface area contributed by atoms with Gasteiger partial charge in [0.15, 0.2) is 0 Å². The number of amides is 1. The Morgan fingerprint density at radius 2 is 1.49 bits per heavy atom. The number of aromatic nitrogens is 1. The molecule has 1 heterocycles. The van der Waals surface area contributed by atoms with Crippen molar-refractivity contribution in [2.24, 2.45) is 0 Å². The number of carbonyl (C=O) groups is 1. The van der Waals surface area contributed by atoms with Crippen LogP contribution < -0.4 is 0 Å². The molecule has 1 aromatic heterocycles. The number of halogens is 4. The van der Waals surface area contributed by atoms with Gasteiger partial charge in [0, 0.05) is 25.0 Å². The zero-order chi connectivity index (χ0) is 24.8. The van der Waals surface area contributed by atoms with Gasteiger partial charge in [0.1, 0.15) is 5.38 Å². The third-order valence-electron chi connectivity index (χ3n) is 5.72. The monoisotopic (exact) mass is 496 g/mol. The molecule has 0 radical (unpaired) electrons. The molecule has 1 unspecified atom stereocenters. The van der Waals surface area contributed by atoms with E-state index in [1.54, 1.807) is 17.2 Å². The molecule has 3 nitrogen and oxygen atoms in total. The molecule has 0 N–H and O–H groups in total. The molecule has 4 rings (SSSR count). The molecule has 3 aromatic carbocycles. The quantitative estimate of drug-likeness (QED) is 0.240. The third-order valence-corrected chi connectivity index (χ3v) is 6.16. The molecular weight excluding hydrogens is 473 g/mol. The minimum Gasteiger partial charge on any atom is -0.345 e. The molecular formula is C28H24ClF3N2O. The third kappa shape index (κ3) is 6.34. The van der Waals surface area contributed by atoms with Gasteiger partial charge in [-0.2, -0.15) is 13.2 Å². The molecule has 0 saturated carbocycles. The maximum absolute atomic E-state index is 13.5. The molecule has 1 amide bonds. The first-order chi connectivity index (χ1) is 16.8. The van der Waals surface area contributed by atoms with Crippen molar-refractivity contribution in [1.29, 1.82) is 0 Å². The lowest BCUT2D eigenvalue weighted by Gasteiger charge is -2.26. The number of carbonyl (C=O) groups excluding carboxylic acids is 1. The predicted molar refractivity (Wildman–Crippen MR) is 131 cm³/mol. The van der Waals surface area contributed by atoms with Gasteiger partial charge in [-0.3, -0.25) is 4.79 Å². The zero-order valence-corrected chi connectivity index (χ0v) is 19.6. The topological polar surface area (TPSA) is 25.2 Å². The van der Waals surface area contributed by atoms with Crippen LogP contribution in [0.4, 0.5) is 13.2 Å². The summed E-state index contributed by atoms with van der Waals surface area (Å²) in [5.74, 6) is -0.242. The summed E-state index contributed by atoms with van der Waals surface area (Å²) in [6.07, 6.45) is -2.60. The molecule has 7 heteroatoms. The number of alkyl halides is 4. The summed E-state index contributed by atoms with van der Waals surface area (Å²) in [6, 6.07) is 27.7. The van der Waals surface area contributed by atoms with Crippen molar-refractivity contribution in [2.75, 3.05) is 0 Å². The maximum Gasteiger partial charge on any atom is 0.416 e. The van der Waals surface area contributed by atoms with Crippen molar-refractivity contribution in [3.05, 3.63) is 131 Å². The molecule has 4 aromatic rings. The standard InChI is InChI=1S/C28H24ClF3N2O/c29-26(23-12-5-2-6-13-23)27(35)34(18-21-9-3-1-4-10-21)20-25-15-8-16-33(25)19-22-11-7-14-24(17-22)28(30,31)32/h1-17,26H,18-20H2. The van der Waals surface area contributed by atoms with Gasteiger partial charge in [0.2, 0.25) is 5.91 Å². The van der Waals surface area contributed by atoms with Crippen LogP contribution in [0.1, 0.15) is 33.3 Å². The van der Waals surface area contributed by atoms with Crippen molar-refractivity contribution in [3.63, 3.8) is 0 Å². The van der Waals surface area contributed by atoms with Gasteiger partial charge in [-0.1, -0.05) is 72.8 Å². The Hall–Kier alpha value is -3.51. The van der Waals surface area contributed by atoms with Crippen molar-refractivity contribution in [3.8, 4) is 0 Å². The average Bonchev–Trinajstić information content (AvgIpc) is 3.30. The summed E-state index contributed by atoms with van der Waals surface area (Å²) in [5, 5.41) is -0.855. The van der Waals surface area contributed by atoms with E-state index in [4.69, 9.17) is 11.6 Å². The lowest BCUT2D eigenvalue weighted by Crippen LogP contribution is -2.33. The maximum atomic E-state index is 13.5. The van der Waals surface area contributed by atoms with E-state index < -0.39 is 17.1 Å². The van der Waals surface area contributed by atoms with Crippen molar-refractivity contribution in [1.82, 2.24) is 9.47 Å². The molecule has 180 valence electrons. The van der Waals surface area contributed by atoms with E-state index in [-0.39, 0.29) is 19.0 Å². The fourth-order valence-corrected chi connectivity index (χ4v) is 4.21. The number of hydrogen-bond donors (Lipinski definition) is 0. The molecule has 0 bridgehead atoms. The lowest BCUT2D eigenvalue weighted by molar-refractivity contribution is -0.137. The van der Waals surface area contributed by atoms with Crippen molar-refractivity contribution >= 4 is 17.5 Å². The van der Waals surface area contributed by atoms with Crippen LogP contribution in [-0.2, 0) is 30.6 Å². The number of nitrogens with zero attached hydrogens (tertiary/aromatic N) is 2. The van der Waals surface area contributed by atoms with Crippen LogP contribution in [0.25, 0.3) is 0 Å². The highest BCUT2D eigenvalue weighted by Crippen LogP contribution is 2.30. The smallest absolute Gasteiger partial charge is 0.345 e. The van der Waals surface area contributed by atoms with Crippen LogP contribution in [0.15, 0.2) is 103 Å². The van der Waals surface area contributed by atoms with E-state index in [0.29, 0.717) is 17.7 Å². The normalized spacial score (nSPS) is 12.3. The lowest BCUT2D eigenvalue weighted by atomic mass is 10.1. The first-order valence-corrected chi connectivity index (χ1v) is 11.6. The summed E-state index contributed by atoms with van der Waals surface area (Å²) in [5.41, 5.74) is 2.30. The van der Waals surface area contributed by atoms with Gasteiger partial charge in [-0.05, 0) is 41.0 Å². The second-order valence-corrected chi connectivity index (χ2v) is 8.72. The fraction of sp³-hybridized carbons (Fsp3) is 0.179. The van der Waals surface area contributed by atoms with Crippen LogP contribution in [-0.4, -0.2) is 15.4 Å². The first-order valence-electron chi connectivity index (χ1n) is 11.1. The largest absolute Gasteiger partial charge is 0.416 e. The SMILES string of the molecule is O=C(C(Cl)c1ccccc1)N(Cc1ccccc1)Cc1cccn1Cc1cccc(C(F)(F)F)c1. The Labute approximate surface area is 207 Å². The molecule has 0 aliphatic carbocycles. The second kappa shape index (κ2) is 10.8. The van der Waals surface area contributed by atoms with E-state index in [0.717, 1.165) is 23.4 Å². The molecule has 35 heavy (non-hydrogen) atoms. The molecule has 0 fully saturated rings. The summed E-state index contributed by atoms with van der Waals surface area (Å²) in [7, 11) is 0. The Morgan fingerprint density at radius 3 is 2.17 bits per heavy atom. The summed E-state index contributed by atoms with van der Waals surface area (Å²) in [4.78, 5) is 15.1. The number of benzene rings is 3. The van der Waals surface area contributed by atoms with E-state index >= 15 is 0 Å². The van der Waals surface area contributed by atoms with Gasteiger partial charge in [0.05, 0.1) is 12.1 Å². The Kier molecular flexibility index (Phi) is 7.61. The first kappa shape index (κ1) is 24.6. The highest BCUT2D eigenvalue weighted by Gasteiger charge is 2.30. The Balaban J connectivity index is 1.58. The minimum absolute atomic E-state index is 0.242. The van der Waals surface area contributed by atoms with Crippen LogP contribution in [0.3, 0.4) is 0 Å². The van der Waals surface area contributed by atoms with E-state index in [9.17, 15) is 18.0 Å². The van der Waals surface area contributed by atoms with Crippen LogP contribution in [0.5, 0.6) is 0 Å². The van der Waals surface area contributed by atoms with Gasteiger partial charge >= 0.3 is 6.18 Å². The van der Waals surface area contributed by atoms with Gasteiger partial charge < -0.3 is 9.47 Å². The van der Waals surface area contributed by atoms with Crippen molar-refractivity contribution in [2.45, 2.75) is 31.2 Å². The summed E-state index contributed by atoms with van der Waals surface area (Å²) < 4.78 is 41.3. The van der Waals surface area contributed by atoms with Crippen LogP contribution in [0, 0.1) is 0 Å².